The summed E-state index contributed by atoms with van der Waals surface area (Å²) in [6.07, 6.45) is 0.962. The van der Waals surface area contributed by atoms with E-state index in [9.17, 15) is 9.59 Å². The number of halogens is 1. The molecule has 1 saturated heterocycles. The zero-order valence-corrected chi connectivity index (χ0v) is 13.1. The Kier molecular flexibility index (Phi) is 5.07. The van der Waals surface area contributed by atoms with Crippen LogP contribution in [0.4, 0.5) is 5.69 Å². The number of anilines is 1. The molecule has 1 aliphatic rings. The molecule has 0 saturated carbocycles. The minimum Gasteiger partial charge on any atom is -0.384 e. The summed E-state index contributed by atoms with van der Waals surface area (Å²) in [5.41, 5.74) is 1.28. The summed E-state index contributed by atoms with van der Waals surface area (Å²) in [5.74, 6) is -0.197. The van der Waals surface area contributed by atoms with E-state index in [1.807, 2.05) is 6.07 Å². The number of nitrogens with one attached hydrogen (secondary N) is 1. The van der Waals surface area contributed by atoms with Gasteiger partial charge in [-0.1, -0.05) is 18.5 Å². The first-order chi connectivity index (χ1) is 10.0. The first kappa shape index (κ1) is 15.6. The lowest BCUT2D eigenvalue weighted by molar-refractivity contribution is -0.133. The fourth-order valence-corrected chi connectivity index (χ4v) is 2.38. The second-order valence-corrected chi connectivity index (χ2v) is 5.60. The van der Waals surface area contributed by atoms with Gasteiger partial charge in [0.25, 0.3) is 5.91 Å². The minimum atomic E-state index is -0.155. The summed E-state index contributed by atoms with van der Waals surface area (Å²) >= 11 is 6.01. The minimum absolute atomic E-state index is 0.0419. The maximum absolute atomic E-state index is 12.6. The van der Waals surface area contributed by atoms with Crippen molar-refractivity contribution in [2.75, 3.05) is 38.5 Å². The van der Waals surface area contributed by atoms with Crippen LogP contribution in [-0.2, 0) is 4.79 Å². The summed E-state index contributed by atoms with van der Waals surface area (Å²) in [4.78, 5) is 27.6. The molecule has 0 atom stereocenters. The molecule has 6 heteroatoms. The molecule has 0 spiro atoms. The Labute approximate surface area is 129 Å². The number of carbonyl (C=O) groups excluding carboxylic acids is 2. The van der Waals surface area contributed by atoms with Crippen LogP contribution >= 0.6 is 11.6 Å². The van der Waals surface area contributed by atoms with Gasteiger partial charge in [0.2, 0.25) is 5.91 Å². The van der Waals surface area contributed by atoms with Gasteiger partial charge >= 0.3 is 0 Å². The Morgan fingerprint density at radius 3 is 2.81 bits per heavy atom. The van der Waals surface area contributed by atoms with Gasteiger partial charge in [-0.05, 0) is 24.6 Å². The van der Waals surface area contributed by atoms with E-state index in [0.717, 1.165) is 18.7 Å². The first-order valence-corrected chi connectivity index (χ1v) is 7.47. The molecule has 2 amide bonds. The Morgan fingerprint density at radius 2 is 2.14 bits per heavy atom. The van der Waals surface area contributed by atoms with Gasteiger partial charge in [0, 0.05) is 37.4 Å². The number of hydrogen-bond donors (Lipinski definition) is 1. The molecule has 21 heavy (non-hydrogen) atoms. The maximum Gasteiger partial charge on any atom is 0.256 e. The number of piperazine rings is 1. The zero-order chi connectivity index (χ0) is 15.4. The smallest absolute Gasteiger partial charge is 0.256 e. The van der Waals surface area contributed by atoms with Crippen molar-refractivity contribution in [3.63, 3.8) is 0 Å². The predicted molar refractivity (Wildman–Crippen MR) is 83.8 cm³/mol. The third kappa shape index (κ3) is 3.67. The molecule has 0 aromatic heterocycles. The molecular weight excluding hydrogens is 290 g/mol. The van der Waals surface area contributed by atoms with Gasteiger partial charge in [-0.15, -0.1) is 0 Å². The van der Waals surface area contributed by atoms with Crippen LogP contribution in [0.3, 0.4) is 0 Å². The van der Waals surface area contributed by atoms with Crippen LogP contribution in [0, 0.1) is 0 Å². The summed E-state index contributed by atoms with van der Waals surface area (Å²) in [5, 5.41) is 3.74. The lowest BCUT2D eigenvalue weighted by atomic mass is 10.1. The van der Waals surface area contributed by atoms with E-state index in [4.69, 9.17) is 11.6 Å². The Bertz CT molecular complexity index is 548. The predicted octanol–water partition coefficient (Wildman–Crippen LogP) is 2.08. The lowest BCUT2D eigenvalue weighted by Crippen LogP contribution is -2.50. The molecule has 2 rings (SSSR count). The highest BCUT2D eigenvalue weighted by Gasteiger charge is 2.27. The molecule has 1 aromatic rings. The van der Waals surface area contributed by atoms with Crippen molar-refractivity contribution in [1.29, 1.82) is 0 Å². The zero-order valence-electron chi connectivity index (χ0n) is 12.4. The molecule has 0 unspecified atom stereocenters. The monoisotopic (exact) mass is 309 g/mol. The number of rotatable bonds is 4. The van der Waals surface area contributed by atoms with Crippen LogP contribution in [-0.4, -0.2) is 54.8 Å². The van der Waals surface area contributed by atoms with Crippen molar-refractivity contribution in [2.24, 2.45) is 0 Å². The van der Waals surface area contributed by atoms with E-state index >= 15 is 0 Å². The second-order valence-electron chi connectivity index (χ2n) is 5.16. The molecular formula is C15H20ClN3O2. The van der Waals surface area contributed by atoms with Crippen LogP contribution in [0.2, 0.25) is 5.02 Å². The topological polar surface area (TPSA) is 52.7 Å². The molecule has 5 nitrogen and oxygen atoms in total. The van der Waals surface area contributed by atoms with Gasteiger partial charge in [0.15, 0.2) is 0 Å². The molecule has 1 fully saturated rings. The van der Waals surface area contributed by atoms with Gasteiger partial charge in [-0.25, -0.2) is 0 Å². The van der Waals surface area contributed by atoms with Gasteiger partial charge < -0.3 is 15.1 Å². The molecule has 1 heterocycles. The molecule has 1 aromatic carbocycles. The molecule has 114 valence electrons. The van der Waals surface area contributed by atoms with Crippen LogP contribution in [0.1, 0.15) is 23.7 Å². The van der Waals surface area contributed by atoms with Crippen molar-refractivity contribution >= 4 is 29.1 Å². The van der Waals surface area contributed by atoms with Gasteiger partial charge in [-0.3, -0.25) is 9.59 Å². The number of benzene rings is 1. The summed E-state index contributed by atoms with van der Waals surface area (Å²) in [6, 6.07) is 5.22. The Morgan fingerprint density at radius 1 is 1.38 bits per heavy atom. The molecule has 0 aliphatic carbocycles. The van der Waals surface area contributed by atoms with Crippen molar-refractivity contribution in [3.05, 3.63) is 28.8 Å². The van der Waals surface area contributed by atoms with Crippen LogP contribution < -0.4 is 5.32 Å². The molecule has 1 N–H and O–H groups in total. The number of likely N-dealkylation sites (N-methyl/N-ethyl adjacent to an activating group) is 1. The fourth-order valence-electron chi connectivity index (χ4n) is 2.21. The average molecular weight is 310 g/mol. The lowest BCUT2D eigenvalue weighted by Gasteiger charge is -2.32. The summed E-state index contributed by atoms with van der Waals surface area (Å²) in [7, 11) is 1.75. The third-order valence-electron chi connectivity index (χ3n) is 3.52. The van der Waals surface area contributed by atoms with Crippen molar-refractivity contribution in [1.82, 2.24) is 9.80 Å². The van der Waals surface area contributed by atoms with Crippen LogP contribution in [0.5, 0.6) is 0 Å². The second kappa shape index (κ2) is 6.80. The van der Waals surface area contributed by atoms with Gasteiger partial charge in [0.1, 0.15) is 6.54 Å². The maximum atomic E-state index is 12.6. The fraction of sp³-hybridized carbons (Fsp3) is 0.467. The van der Waals surface area contributed by atoms with Crippen LogP contribution in [0.15, 0.2) is 18.2 Å². The molecule has 0 radical (unpaired) electrons. The number of hydrogen-bond acceptors (Lipinski definition) is 3. The standard InChI is InChI=1S/C15H20ClN3O2/c1-3-6-17-13-5-4-11(16)9-12(13)15(21)19-8-7-18(2)14(20)10-19/h4-5,9,17H,3,6-8,10H2,1-2H3. The van der Waals surface area contributed by atoms with E-state index < -0.39 is 0 Å². The van der Waals surface area contributed by atoms with Crippen molar-refractivity contribution < 1.29 is 9.59 Å². The van der Waals surface area contributed by atoms with Crippen molar-refractivity contribution in [3.8, 4) is 0 Å². The third-order valence-corrected chi connectivity index (χ3v) is 3.76. The number of carbonyl (C=O) groups is 2. The van der Waals surface area contributed by atoms with Gasteiger partial charge in [-0.2, -0.15) is 0 Å². The SMILES string of the molecule is CCCNc1ccc(Cl)cc1C(=O)N1CCN(C)C(=O)C1. The normalized spacial score (nSPS) is 15.3. The highest BCUT2D eigenvalue weighted by molar-refractivity contribution is 6.31. The Hall–Kier alpha value is -1.75. The van der Waals surface area contributed by atoms with E-state index in [-0.39, 0.29) is 18.4 Å². The van der Waals surface area contributed by atoms with Crippen LogP contribution in [0.25, 0.3) is 0 Å². The quantitative estimate of drug-likeness (QED) is 0.926. The average Bonchev–Trinajstić information content (AvgIpc) is 2.48. The van der Waals surface area contributed by atoms with E-state index in [1.165, 1.54) is 0 Å². The molecule has 0 bridgehead atoms. The first-order valence-electron chi connectivity index (χ1n) is 7.09. The summed E-state index contributed by atoms with van der Waals surface area (Å²) < 4.78 is 0. The van der Waals surface area contributed by atoms with E-state index in [0.29, 0.717) is 23.7 Å². The highest BCUT2D eigenvalue weighted by Crippen LogP contribution is 2.23. The van der Waals surface area contributed by atoms with Gasteiger partial charge in [0.05, 0.1) is 5.56 Å². The van der Waals surface area contributed by atoms with Crippen molar-refractivity contribution in [2.45, 2.75) is 13.3 Å². The summed E-state index contributed by atoms with van der Waals surface area (Å²) in [6.45, 7) is 4.06. The number of nitrogens with zero attached hydrogens (tertiary/aromatic N) is 2. The van der Waals surface area contributed by atoms with E-state index in [1.54, 1.807) is 29.0 Å². The molecule has 1 aliphatic heterocycles. The largest absolute Gasteiger partial charge is 0.384 e. The number of amides is 2. The highest BCUT2D eigenvalue weighted by atomic mass is 35.5. The van der Waals surface area contributed by atoms with E-state index in [2.05, 4.69) is 12.2 Å². The Balaban J connectivity index is 2.21.